The number of phenols is 1. The van der Waals surface area contributed by atoms with Gasteiger partial charge in [-0.25, -0.2) is 0 Å². The van der Waals surface area contributed by atoms with Crippen LogP contribution < -0.4 is 10.6 Å². The van der Waals surface area contributed by atoms with Crippen molar-refractivity contribution in [2.75, 3.05) is 10.6 Å². The number of phenolic OH excluding ortho intramolecular Hbond substituents is 1. The van der Waals surface area contributed by atoms with Gasteiger partial charge >= 0.3 is 0 Å². The molecule has 6 rings (SSSR count). The molecular weight excluding hydrogens is 694 g/mol. The lowest BCUT2D eigenvalue weighted by atomic mass is 10.0. The maximum absolute atomic E-state index is 12.5. The average molecular weight is 720 g/mol. The predicted molar refractivity (Wildman–Crippen MR) is 185 cm³/mol. The molecule has 14 nitrogen and oxygen atoms in total. The number of halogens is 1. The molecule has 1 heterocycles. The topological polar surface area (TPSA) is 216 Å². The van der Waals surface area contributed by atoms with Crippen molar-refractivity contribution in [3.8, 4) is 5.75 Å². The van der Waals surface area contributed by atoms with Crippen LogP contribution in [0.2, 0.25) is 5.28 Å². The molecule has 0 bridgehead atoms. The van der Waals surface area contributed by atoms with Crippen LogP contribution in [0.15, 0.2) is 92.8 Å². The first-order chi connectivity index (χ1) is 23.1. The summed E-state index contributed by atoms with van der Waals surface area (Å²) in [4.78, 5) is 11.5. The molecule has 5 N–H and O–H groups in total. The lowest BCUT2D eigenvalue weighted by Crippen LogP contribution is -2.06. The average Bonchev–Trinajstić information content (AvgIpc) is 3.00. The molecule has 0 amide bonds. The molecule has 0 aliphatic carbocycles. The highest BCUT2D eigenvalue weighted by atomic mass is 35.5. The Morgan fingerprint density at radius 2 is 1.39 bits per heavy atom. The van der Waals surface area contributed by atoms with E-state index in [2.05, 4.69) is 35.8 Å². The molecule has 0 radical (unpaired) electrons. The van der Waals surface area contributed by atoms with Crippen molar-refractivity contribution in [3.05, 3.63) is 94.8 Å². The van der Waals surface area contributed by atoms with E-state index in [0.29, 0.717) is 16.6 Å². The third kappa shape index (κ3) is 7.13. The number of nitrogens with zero attached hydrogens (tertiary/aromatic N) is 5. The standard InChI is InChI=1S/C32H26ClN7O7S2/c1-16-4-8-21(9-5-16)34-31-36-30(33)37-32(38-31)35-25-15-22(48(42,43)44)14-20-13-18(3)27(28(41)26(20)25)40-39-24-11-7-19-12-17(2)6-10-23(19)29(24)49(45,46)47/h4-15,41H,1-3H3,(H,42,43,44)(H,45,46,47)(H2,34,35,36,37,38). The van der Waals surface area contributed by atoms with Gasteiger partial charge in [-0.3, -0.25) is 9.11 Å². The van der Waals surface area contributed by atoms with E-state index >= 15 is 0 Å². The van der Waals surface area contributed by atoms with Gasteiger partial charge in [-0.1, -0.05) is 47.5 Å². The summed E-state index contributed by atoms with van der Waals surface area (Å²) in [6.07, 6.45) is 0. The number of anilines is 4. The summed E-state index contributed by atoms with van der Waals surface area (Å²) in [5, 5.41) is 26.4. The van der Waals surface area contributed by atoms with Gasteiger partial charge in [-0.2, -0.15) is 31.8 Å². The fourth-order valence-corrected chi connectivity index (χ4v) is 6.75. The fourth-order valence-electron chi connectivity index (χ4n) is 5.21. The minimum absolute atomic E-state index is 0.0283. The van der Waals surface area contributed by atoms with E-state index in [4.69, 9.17) is 11.6 Å². The molecule has 0 fully saturated rings. The second kappa shape index (κ2) is 12.6. The zero-order valence-corrected chi connectivity index (χ0v) is 28.2. The molecule has 250 valence electrons. The van der Waals surface area contributed by atoms with Gasteiger partial charge in [-0.05, 0) is 85.1 Å². The Labute approximate surface area is 285 Å². The van der Waals surface area contributed by atoms with Gasteiger partial charge < -0.3 is 15.7 Å². The summed E-state index contributed by atoms with van der Waals surface area (Å²) >= 11 is 6.18. The van der Waals surface area contributed by atoms with Crippen molar-refractivity contribution in [3.63, 3.8) is 0 Å². The number of aryl methyl sites for hydroxylation is 3. The maximum Gasteiger partial charge on any atom is 0.297 e. The number of rotatable bonds is 8. The van der Waals surface area contributed by atoms with Crippen LogP contribution in [0.3, 0.4) is 0 Å². The zero-order valence-electron chi connectivity index (χ0n) is 25.8. The molecule has 0 aliphatic rings. The largest absolute Gasteiger partial charge is 0.505 e. The van der Waals surface area contributed by atoms with Crippen molar-refractivity contribution < 1.29 is 31.0 Å². The number of fused-ring (bicyclic) bond motifs is 2. The minimum atomic E-state index is -4.76. The van der Waals surface area contributed by atoms with Crippen LogP contribution in [-0.4, -0.2) is 46.0 Å². The predicted octanol–water partition coefficient (Wildman–Crippen LogP) is 7.86. The van der Waals surface area contributed by atoms with Gasteiger partial charge in [0.15, 0.2) is 5.75 Å². The number of benzene rings is 5. The number of aromatic hydroxyl groups is 1. The Kier molecular flexibility index (Phi) is 8.68. The van der Waals surface area contributed by atoms with Gasteiger partial charge in [0.25, 0.3) is 20.2 Å². The quantitative estimate of drug-likeness (QED) is 0.0750. The van der Waals surface area contributed by atoms with Gasteiger partial charge in [0.1, 0.15) is 16.3 Å². The smallest absolute Gasteiger partial charge is 0.297 e. The van der Waals surface area contributed by atoms with Gasteiger partial charge in [0, 0.05) is 16.5 Å². The Hall–Kier alpha value is -5.26. The molecule has 5 aromatic carbocycles. The van der Waals surface area contributed by atoms with Crippen LogP contribution in [0.25, 0.3) is 21.5 Å². The molecule has 0 unspecified atom stereocenters. The minimum Gasteiger partial charge on any atom is -0.505 e. The van der Waals surface area contributed by atoms with E-state index < -0.39 is 35.8 Å². The van der Waals surface area contributed by atoms with E-state index in [9.17, 15) is 31.0 Å². The lowest BCUT2D eigenvalue weighted by molar-refractivity contribution is 0.480. The Bertz CT molecular complexity index is 2570. The monoisotopic (exact) mass is 719 g/mol. The lowest BCUT2D eigenvalue weighted by Gasteiger charge is -2.15. The third-order valence-corrected chi connectivity index (χ3v) is 9.38. The summed E-state index contributed by atoms with van der Waals surface area (Å²) in [7, 11) is -9.49. The number of azo groups is 1. The summed E-state index contributed by atoms with van der Waals surface area (Å²) in [5.74, 6) is -0.571. The van der Waals surface area contributed by atoms with E-state index in [1.807, 2.05) is 26.0 Å². The normalized spacial score (nSPS) is 12.2. The Morgan fingerprint density at radius 3 is 2.06 bits per heavy atom. The number of aromatic nitrogens is 3. The highest BCUT2D eigenvalue weighted by Gasteiger charge is 2.22. The summed E-state index contributed by atoms with van der Waals surface area (Å²) < 4.78 is 69.4. The van der Waals surface area contributed by atoms with E-state index in [0.717, 1.165) is 23.3 Å². The molecule has 1 aromatic heterocycles. The van der Waals surface area contributed by atoms with Crippen LogP contribution in [-0.2, 0) is 20.2 Å². The fraction of sp³-hybridized carbons (Fsp3) is 0.0938. The molecular formula is C32H26ClN7O7S2. The van der Waals surface area contributed by atoms with Gasteiger partial charge in [0.05, 0.1) is 10.6 Å². The van der Waals surface area contributed by atoms with E-state index in [1.165, 1.54) is 12.1 Å². The number of nitrogens with one attached hydrogen (secondary N) is 2. The number of hydrogen-bond donors (Lipinski definition) is 5. The first kappa shape index (κ1) is 33.6. The Balaban J connectivity index is 1.48. The van der Waals surface area contributed by atoms with Crippen molar-refractivity contribution in [2.45, 2.75) is 30.6 Å². The summed E-state index contributed by atoms with van der Waals surface area (Å²) in [6, 6.07) is 19.0. The van der Waals surface area contributed by atoms with E-state index in [1.54, 1.807) is 43.3 Å². The summed E-state index contributed by atoms with van der Waals surface area (Å²) in [6.45, 7) is 5.33. The van der Waals surface area contributed by atoms with Crippen LogP contribution in [0.4, 0.5) is 34.6 Å². The highest BCUT2D eigenvalue weighted by Crippen LogP contribution is 2.44. The summed E-state index contributed by atoms with van der Waals surface area (Å²) in [5.41, 5.74) is 2.51. The van der Waals surface area contributed by atoms with E-state index in [-0.39, 0.29) is 50.4 Å². The molecule has 17 heteroatoms. The van der Waals surface area contributed by atoms with Crippen LogP contribution in [0.1, 0.15) is 16.7 Å². The second-order valence-corrected chi connectivity index (χ2v) is 14.2. The highest BCUT2D eigenvalue weighted by molar-refractivity contribution is 7.86. The van der Waals surface area contributed by atoms with Crippen molar-refractivity contribution in [1.29, 1.82) is 0 Å². The molecule has 0 spiro atoms. The first-order valence-corrected chi connectivity index (χ1v) is 17.6. The van der Waals surface area contributed by atoms with Gasteiger partial charge in [0.2, 0.25) is 17.2 Å². The van der Waals surface area contributed by atoms with Crippen LogP contribution >= 0.6 is 11.6 Å². The maximum atomic E-state index is 12.5. The third-order valence-electron chi connectivity index (χ3n) is 7.43. The molecule has 0 aliphatic heterocycles. The SMILES string of the molecule is Cc1ccc(Nc2nc(Cl)nc(Nc3cc(S(=O)(=O)O)cc4cc(C)c(N=Nc5ccc6cc(C)ccc6c5S(=O)(=O)O)c(O)c34)n2)cc1. The van der Waals surface area contributed by atoms with Gasteiger partial charge in [-0.15, -0.1) is 10.2 Å². The molecule has 49 heavy (non-hydrogen) atoms. The van der Waals surface area contributed by atoms with Crippen molar-refractivity contribution >= 4 is 88.0 Å². The van der Waals surface area contributed by atoms with Crippen LogP contribution in [0.5, 0.6) is 5.75 Å². The molecule has 6 aromatic rings. The molecule has 0 saturated heterocycles. The van der Waals surface area contributed by atoms with Crippen molar-refractivity contribution in [2.24, 2.45) is 10.2 Å². The zero-order chi connectivity index (χ0) is 35.2. The number of hydrogen-bond acceptors (Lipinski definition) is 12. The Morgan fingerprint density at radius 1 is 0.714 bits per heavy atom. The van der Waals surface area contributed by atoms with Crippen LogP contribution in [0, 0.1) is 20.8 Å². The van der Waals surface area contributed by atoms with Crippen molar-refractivity contribution in [1.82, 2.24) is 15.0 Å². The second-order valence-electron chi connectivity index (χ2n) is 11.1. The molecule has 0 atom stereocenters. The molecule has 0 saturated carbocycles. The first-order valence-electron chi connectivity index (χ1n) is 14.3.